The molecule has 0 bridgehead atoms. The topological polar surface area (TPSA) is 69.6 Å². The van der Waals surface area contributed by atoms with E-state index in [0.29, 0.717) is 34.6 Å². The molecule has 5 nitrogen and oxygen atoms in total. The molecule has 2 N–H and O–H groups in total. The van der Waals surface area contributed by atoms with E-state index in [2.05, 4.69) is 21.2 Å². The summed E-state index contributed by atoms with van der Waals surface area (Å²) in [6, 6.07) is 4.87. The van der Waals surface area contributed by atoms with Crippen molar-refractivity contribution in [3.8, 4) is 0 Å². The maximum Gasteiger partial charge on any atom is 0.321 e. The lowest BCUT2D eigenvalue weighted by Gasteiger charge is -2.30. The molecule has 0 spiro atoms. The third kappa shape index (κ3) is 3.43. The summed E-state index contributed by atoms with van der Waals surface area (Å²) in [5.41, 5.74) is 0.569. The molecule has 0 aromatic heterocycles. The van der Waals surface area contributed by atoms with E-state index in [1.165, 1.54) is 4.90 Å². The van der Waals surface area contributed by atoms with Crippen LogP contribution in [-0.4, -0.2) is 35.1 Å². The second kappa shape index (κ2) is 6.45. The maximum atomic E-state index is 12.2. The van der Waals surface area contributed by atoms with Gasteiger partial charge in [-0.3, -0.25) is 4.79 Å². The molecule has 108 valence electrons. The number of carbonyl (C=O) groups excluding carboxylic acids is 1. The fraction of sp³-hybridized carbons (Fsp3) is 0.385. The molecule has 1 aromatic carbocycles. The van der Waals surface area contributed by atoms with Gasteiger partial charge in [-0.15, -0.1) is 0 Å². The number of nitrogens with one attached hydrogen (secondary N) is 1. The molecule has 1 aliphatic heterocycles. The van der Waals surface area contributed by atoms with E-state index in [9.17, 15) is 9.59 Å². The Morgan fingerprint density at radius 1 is 1.45 bits per heavy atom. The quantitative estimate of drug-likeness (QED) is 0.848. The van der Waals surface area contributed by atoms with Gasteiger partial charge in [0.1, 0.15) is 0 Å². The molecule has 1 fully saturated rings. The van der Waals surface area contributed by atoms with E-state index in [1.807, 2.05) is 0 Å². The molecule has 1 heterocycles. The molecule has 0 radical (unpaired) electrons. The molecule has 0 unspecified atom stereocenters. The summed E-state index contributed by atoms with van der Waals surface area (Å²) in [4.78, 5) is 24.7. The second-order valence-corrected chi connectivity index (χ2v) is 5.86. The molecular weight excluding hydrogens is 348 g/mol. The summed E-state index contributed by atoms with van der Waals surface area (Å²) in [7, 11) is 0. The molecule has 7 heteroatoms. The van der Waals surface area contributed by atoms with E-state index in [1.54, 1.807) is 18.2 Å². The predicted octanol–water partition coefficient (Wildman–Crippen LogP) is 3.43. The number of anilines is 1. The Labute approximate surface area is 130 Å². The number of rotatable bonds is 2. The van der Waals surface area contributed by atoms with Crippen molar-refractivity contribution in [1.82, 2.24) is 4.90 Å². The molecule has 0 aliphatic carbocycles. The van der Waals surface area contributed by atoms with Gasteiger partial charge in [-0.2, -0.15) is 0 Å². The van der Waals surface area contributed by atoms with Crippen LogP contribution in [0.4, 0.5) is 10.5 Å². The summed E-state index contributed by atoms with van der Waals surface area (Å²) < 4.78 is 0.613. The average Bonchev–Trinajstić information content (AvgIpc) is 2.44. The maximum absolute atomic E-state index is 12.2. The van der Waals surface area contributed by atoms with Crippen molar-refractivity contribution in [3.05, 3.63) is 27.7 Å². The number of benzene rings is 1. The van der Waals surface area contributed by atoms with Gasteiger partial charge in [0.25, 0.3) is 0 Å². The Kier molecular flexibility index (Phi) is 4.88. The van der Waals surface area contributed by atoms with E-state index in [4.69, 9.17) is 16.7 Å². The summed E-state index contributed by atoms with van der Waals surface area (Å²) in [5, 5.41) is 12.3. The smallest absolute Gasteiger partial charge is 0.321 e. The van der Waals surface area contributed by atoms with Crippen LogP contribution in [0.1, 0.15) is 12.8 Å². The van der Waals surface area contributed by atoms with Gasteiger partial charge in [-0.1, -0.05) is 17.7 Å². The molecule has 2 amide bonds. The van der Waals surface area contributed by atoms with Gasteiger partial charge in [0.15, 0.2) is 0 Å². The number of carboxylic acids is 1. The fourth-order valence-corrected chi connectivity index (χ4v) is 2.70. The normalized spacial score (nSPS) is 18.7. The number of hydrogen-bond acceptors (Lipinski definition) is 2. The molecule has 2 rings (SSSR count). The number of halogens is 2. The summed E-state index contributed by atoms with van der Waals surface area (Å²) >= 11 is 9.27. The summed E-state index contributed by atoms with van der Waals surface area (Å²) in [6.45, 7) is 0.799. The minimum atomic E-state index is -0.855. The van der Waals surface area contributed by atoms with Crippen molar-refractivity contribution in [2.24, 2.45) is 5.92 Å². The Bertz CT molecular complexity index is 538. The number of hydrogen-bond donors (Lipinski definition) is 2. The van der Waals surface area contributed by atoms with Crippen molar-refractivity contribution in [2.75, 3.05) is 18.4 Å². The third-order valence-electron chi connectivity index (χ3n) is 3.25. The van der Waals surface area contributed by atoms with Crippen LogP contribution in [0.5, 0.6) is 0 Å². The van der Waals surface area contributed by atoms with Crippen molar-refractivity contribution >= 4 is 45.2 Å². The molecule has 20 heavy (non-hydrogen) atoms. The fourth-order valence-electron chi connectivity index (χ4n) is 2.16. The first-order chi connectivity index (χ1) is 9.49. The van der Waals surface area contributed by atoms with Gasteiger partial charge in [-0.25, -0.2) is 4.79 Å². The molecule has 0 saturated carbocycles. The van der Waals surface area contributed by atoms with Crippen molar-refractivity contribution < 1.29 is 14.7 Å². The molecule has 1 atom stereocenters. The van der Waals surface area contributed by atoms with Crippen LogP contribution in [0.3, 0.4) is 0 Å². The van der Waals surface area contributed by atoms with Gasteiger partial charge in [0.05, 0.1) is 21.1 Å². The highest BCUT2D eigenvalue weighted by Crippen LogP contribution is 2.30. The number of carbonyl (C=O) groups is 2. The van der Waals surface area contributed by atoms with Crippen LogP contribution < -0.4 is 5.32 Å². The van der Waals surface area contributed by atoms with Gasteiger partial charge in [0, 0.05) is 13.1 Å². The van der Waals surface area contributed by atoms with Gasteiger partial charge >= 0.3 is 12.0 Å². The first-order valence-corrected chi connectivity index (χ1v) is 7.39. The highest BCUT2D eigenvalue weighted by molar-refractivity contribution is 9.10. The number of nitrogens with zero attached hydrogens (tertiary/aromatic N) is 1. The Morgan fingerprint density at radius 2 is 2.20 bits per heavy atom. The molecular formula is C13H14BrClN2O3. The first kappa shape index (κ1) is 15.1. The number of amides is 2. The Hall–Kier alpha value is -1.27. The predicted molar refractivity (Wildman–Crippen MR) is 80.1 cm³/mol. The number of piperidine rings is 1. The lowest BCUT2D eigenvalue weighted by molar-refractivity contribution is -0.143. The van der Waals surface area contributed by atoms with E-state index in [0.717, 1.165) is 0 Å². The van der Waals surface area contributed by atoms with Gasteiger partial charge in [0.2, 0.25) is 0 Å². The summed E-state index contributed by atoms with van der Waals surface area (Å²) in [5.74, 6) is -1.34. The monoisotopic (exact) mass is 360 g/mol. The van der Waals surface area contributed by atoms with Crippen molar-refractivity contribution in [3.63, 3.8) is 0 Å². The van der Waals surface area contributed by atoms with Crippen LogP contribution in [-0.2, 0) is 4.79 Å². The lowest BCUT2D eigenvalue weighted by atomic mass is 9.99. The van der Waals surface area contributed by atoms with Crippen molar-refractivity contribution in [2.45, 2.75) is 12.8 Å². The molecule has 1 saturated heterocycles. The largest absolute Gasteiger partial charge is 0.481 e. The number of aliphatic carboxylic acids is 1. The van der Waals surface area contributed by atoms with E-state index in [-0.39, 0.29) is 12.6 Å². The average molecular weight is 362 g/mol. The van der Waals surface area contributed by atoms with Crippen LogP contribution in [0.2, 0.25) is 5.02 Å². The van der Waals surface area contributed by atoms with Crippen LogP contribution >= 0.6 is 27.5 Å². The van der Waals surface area contributed by atoms with Gasteiger partial charge < -0.3 is 15.3 Å². The second-order valence-electron chi connectivity index (χ2n) is 4.65. The van der Waals surface area contributed by atoms with Crippen molar-refractivity contribution in [1.29, 1.82) is 0 Å². The highest BCUT2D eigenvalue weighted by atomic mass is 79.9. The van der Waals surface area contributed by atoms with Gasteiger partial charge in [-0.05, 0) is 40.9 Å². The summed E-state index contributed by atoms with van der Waals surface area (Å²) in [6.07, 6.45) is 1.31. The Balaban J connectivity index is 2.04. The first-order valence-electron chi connectivity index (χ1n) is 6.22. The zero-order valence-corrected chi connectivity index (χ0v) is 12.9. The molecule has 1 aliphatic rings. The number of likely N-dealkylation sites (tertiary alicyclic amines) is 1. The number of carboxylic acid groups (broad SMARTS) is 1. The standard InChI is InChI=1S/C13H14BrClN2O3/c14-11-9(15)4-1-5-10(11)16-13(20)17-6-2-3-8(7-17)12(18)19/h1,4-5,8H,2-3,6-7H2,(H,16,20)(H,18,19)/t8-/m1/s1. The zero-order chi connectivity index (χ0) is 14.7. The van der Waals surface area contributed by atoms with Crippen LogP contribution in [0.25, 0.3) is 0 Å². The third-order valence-corrected chi connectivity index (χ3v) is 4.65. The Morgan fingerprint density at radius 3 is 2.90 bits per heavy atom. The SMILES string of the molecule is O=C(O)[C@@H]1CCCN(C(=O)Nc2cccc(Cl)c2Br)C1. The minimum Gasteiger partial charge on any atom is -0.481 e. The zero-order valence-electron chi connectivity index (χ0n) is 10.6. The lowest BCUT2D eigenvalue weighted by Crippen LogP contribution is -2.44. The minimum absolute atomic E-state index is 0.235. The molecule has 1 aromatic rings. The highest BCUT2D eigenvalue weighted by Gasteiger charge is 2.28. The number of urea groups is 1. The van der Waals surface area contributed by atoms with Crippen LogP contribution in [0, 0.1) is 5.92 Å². The van der Waals surface area contributed by atoms with E-state index < -0.39 is 11.9 Å². The van der Waals surface area contributed by atoms with Crippen LogP contribution in [0.15, 0.2) is 22.7 Å². The van der Waals surface area contributed by atoms with E-state index >= 15 is 0 Å².